The number of aliphatic carboxylic acids is 1. The number of ether oxygens (including phenoxy) is 2. The molecular weight excluding hydrogens is 502 g/mol. The SMILES string of the molecule is CC(=O)O.CCOC(=O)C1CCN(c2ccc(N3C[C@H](CNCc4ccc(C(=N)N)cc4)OC3=O)cc2)CC1. The number of carbonyl (C=O) groups excluding carboxylic acids is 2. The number of carbonyl (C=O) groups is 3. The number of benzene rings is 2. The van der Waals surface area contributed by atoms with Gasteiger partial charge in [-0.25, -0.2) is 4.79 Å². The maximum absolute atomic E-state index is 12.4. The van der Waals surface area contributed by atoms with Crippen LogP contribution in [0.25, 0.3) is 0 Å². The second-order valence-electron chi connectivity index (χ2n) is 9.41. The van der Waals surface area contributed by atoms with E-state index < -0.39 is 5.97 Å². The predicted molar refractivity (Wildman–Crippen MR) is 148 cm³/mol. The number of nitrogens with zero attached hydrogens (tertiary/aromatic N) is 2. The first-order valence-corrected chi connectivity index (χ1v) is 13.0. The molecule has 2 aromatic rings. The van der Waals surface area contributed by atoms with Gasteiger partial charge in [0.1, 0.15) is 11.9 Å². The van der Waals surface area contributed by atoms with Gasteiger partial charge in [0.25, 0.3) is 5.97 Å². The molecule has 0 spiro atoms. The van der Waals surface area contributed by atoms with Crippen molar-refractivity contribution in [2.24, 2.45) is 11.7 Å². The molecule has 0 bridgehead atoms. The minimum absolute atomic E-state index is 0.0182. The normalized spacial score (nSPS) is 17.2. The lowest BCUT2D eigenvalue weighted by Crippen LogP contribution is -2.37. The molecule has 2 heterocycles. The number of cyclic esters (lactones) is 1. The summed E-state index contributed by atoms with van der Waals surface area (Å²) in [6, 6.07) is 15.4. The Kier molecular flexibility index (Phi) is 10.7. The van der Waals surface area contributed by atoms with Crippen LogP contribution in [0, 0.1) is 11.3 Å². The van der Waals surface area contributed by atoms with E-state index in [4.69, 9.17) is 30.5 Å². The second-order valence-corrected chi connectivity index (χ2v) is 9.41. The quantitative estimate of drug-likeness (QED) is 0.213. The van der Waals surface area contributed by atoms with E-state index in [9.17, 15) is 9.59 Å². The van der Waals surface area contributed by atoms with Gasteiger partial charge in [-0.2, -0.15) is 0 Å². The van der Waals surface area contributed by atoms with Crippen molar-refractivity contribution < 1.29 is 29.0 Å². The molecule has 4 rings (SSSR count). The molecule has 0 aliphatic carbocycles. The zero-order valence-electron chi connectivity index (χ0n) is 22.4. The summed E-state index contributed by atoms with van der Waals surface area (Å²) in [5.74, 6) is -0.894. The Hall–Kier alpha value is -4.12. The summed E-state index contributed by atoms with van der Waals surface area (Å²) in [6.07, 6.45) is 0.995. The summed E-state index contributed by atoms with van der Waals surface area (Å²) >= 11 is 0. The van der Waals surface area contributed by atoms with E-state index >= 15 is 0 Å². The third kappa shape index (κ3) is 8.71. The number of esters is 1. The first kappa shape index (κ1) is 29.4. The van der Waals surface area contributed by atoms with Gasteiger partial charge in [0.2, 0.25) is 0 Å². The average Bonchev–Trinajstić information content (AvgIpc) is 3.29. The molecular formula is C28H37N5O6. The molecule has 0 radical (unpaired) electrons. The highest BCUT2D eigenvalue weighted by molar-refractivity contribution is 5.94. The predicted octanol–water partition coefficient (Wildman–Crippen LogP) is 2.96. The number of anilines is 2. The summed E-state index contributed by atoms with van der Waals surface area (Å²) in [4.78, 5) is 37.3. The summed E-state index contributed by atoms with van der Waals surface area (Å²) in [7, 11) is 0. The van der Waals surface area contributed by atoms with Crippen molar-refractivity contribution in [3.63, 3.8) is 0 Å². The monoisotopic (exact) mass is 539 g/mol. The summed E-state index contributed by atoms with van der Waals surface area (Å²) in [6.45, 7) is 6.62. The molecule has 1 amide bonds. The number of hydrogen-bond acceptors (Lipinski definition) is 8. The van der Waals surface area contributed by atoms with Crippen molar-refractivity contribution in [3.8, 4) is 0 Å². The molecule has 2 fully saturated rings. The standard InChI is InChI=1S/C26H33N5O4.C2H4O2/c1-2-34-25(32)20-11-13-30(14-12-20)21-7-9-22(10-8-21)31-17-23(35-26(31)33)16-29-15-18-3-5-19(6-4-18)24(27)28;1-2(3)4/h3-10,20,23,29H,2,11-17H2,1H3,(H3,27,28);1H3,(H,3,4)/t23-;/m0./s1. The summed E-state index contributed by atoms with van der Waals surface area (Å²) < 4.78 is 10.7. The highest BCUT2D eigenvalue weighted by Crippen LogP contribution is 2.28. The fraction of sp³-hybridized carbons (Fsp3) is 0.429. The van der Waals surface area contributed by atoms with Gasteiger partial charge in [-0.05, 0) is 49.6 Å². The Bertz CT molecular complexity index is 1130. The summed E-state index contributed by atoms with van der Waals surface area (Å²) in [5.41, 5.74) is 9.14. The van der Waals surface area contributed by atoms with Crippen LogP contribution in [0.3, 0.4) is 0 Å². The van der Waals surface area contributed by atoms with Crippen molar-refractivity contribution in [1.29, 1.82) is 5.41 Å². The number of amides is 1. The molecule has 0 aromatic heterocycles. The topological polar surface area (TPSA) is 158 Å². The van der Waals surface area contributed by atoms with Gasteiger partial charge in [-0.15, -0.1) is 0 Å². The van der Waals surface area contributed by atoms with Crippen molar-refractivity contribution in [3.05, 3.63) is 59.7 Å². The number of nitrogens with one attached hydrogen (secondary N) is 2. The van der Waals surface area contributed by atoms with E-state index in [2.05, 4.69) is 10.2 Å². The molecule has 210 valence electrons. The van der Waals surface area contributed by atoms with Gasteiger partial charge in [0, 0.05) is 50.0 Å². The number of nitrogens with two attached hydrogens (primary N) is 1. The largest absolute Gasteiger partial charge is 0.481 e. The molecule has 11 heteroatoms. The van der Waals surface area contributed by atoms with Crippen molar-refractivity contribution in [1.82, 2.24) is 5.32 Å². The third-order valence-corrected chi connectivity index (χ3v) is 6.48. The number of nitrogen functional groups attached to an aromatic ring is 1. The number of amidine groups is 1. The molecule has 2 saturated heterocycles. The van der Waals surface area contributed by atoms with E-state index in [1.54, 1.807) is 4.90 Å². The van der Waals surface area contributed by atoms with E-state index in [0.717, 1.165) is 49.8 Å². The van der Waals surface area contributed by atoms with Crippen molar-refractivity contribution in [2.45, 2.75) is 39.3 Å². The van der Waals surface area contributed by atoms with Crippen LogP contribution >= 0.6 is 0 Å². The van der Waals surface area contributed by atoms with Gasteiger partial charge in [-0.1, -0.05) is 24.3 Å². The molecule has 11 nitrogen and oxygen atoms in total. The lowest BCUT2D eigenvalue weighted by molar-refractivity contribution is -0.148. The van der Waals surface area contributed by atoms with Gasteiger partial charge in [-0.3, -0.25) is 19.9 Å². The van der Waals surface area contributed by atoms with Crippen LogP contribution in [0.1, 0.15) is 37.8 Å². The minimum atomic E-state index is -0.833. The van der Waals surface area contributed by atoms with Crippen LogP contribution in [0.15, 0.2) is 48.5 Å². The first-order valence-electron chi connectivity index (χ1n) is 13.0. The molecule has 0 saturated carbocycles. The van der Waals surface area contributed by atoms with Gasteiger partial charge < -0.3 is 30.5 Å². The fourth-order valence-electron chi connectivity index (χ4n) is 4.50. The maximum Gasteiger partial charge on any atom is 0.414 e. The van der Waals surface area contributed by atoms with E-state index in [0.29, 0.717) is 31.8 Å². The molecule has 0 unspecified atom stereocenters. The second kappa shape index (κ2) is 14.1. The lowest BCUT2D eigenvalue weighted by atomic mass is 9.96. The zero-order chi connectivity index (χ0) is 28.4. The number of carboxylic acids is 1. The van der Waals surface area contributed by atoms with Crippen molar-refractivity contribution in [2.75, 3.05) is 42.6 Å². The fourth-order valence-corrected chi connectivity index (χ4v) is 4.50. The Morgan fingerprint density at radius 2 is 1.69 bits per heavy atom. The minimum Gasteiger partial charge on any atom is -0.481 e. The number of hydrogen-bond donors (Lipinski definition) is 4. The Morgan fingerprint density at radius 1 is 1.10 bits per heavy atom. The Labute approximate surface area is 228 Å². The molecule has 5 N–H and O–H groups in total. The molecule has 1 atom stereocenters. The highest BCUT2D eigenvalue weighted by atomic mass is 16.6. The van der Waals surface area contributed by atoms with Gasteiger partial charge >= 0.3 is 12.1 Å². The van der Waals surface area contributed by atoms with Crippen LogP contribution in [0.2, 0.25) is 0 Å². The molecule has 2 aromatic carbocycles. The highest BCUT2D eigenvalue weighted by Gasteiger charge is 2.32. The smallest absolute Gasteiger partial charge is 0.414 e. The third-order valence-electron chi connectivity index (χ3n) is 6.48. The first-order chi connectivity index (χ1) is 18.7. The van der Waals surface area contributed by atoms with Crippen LogP contribution in [0.5, 0.6) is 0 Å². The maximum atomic E-state index is 12.4. The lowest BCUT2D eigenvalue weighted by Gasteiger charge is -2.32. The number of piperidine rings is 1. The zero-order valence-corrected chi connectivity index (χ0v) is 22.4. The molecule has 2 aliphatic heterocycles. The summed E-state index contributed by atoms with van der Waals surface area (Å²) in [5, 5.41) is 18.2. The molecule has 2 aliphatic rings. The average molecular weight is 540 g/mol. The Balaban J connectivity index is 0.000000983. The van der Waals surface area contributed by atoms with Gasteiger partial charge in [0.15, 0.2) is 0 Å². The van der Waals surface area contributed by atoms with Crippen LogP contribution in [0.4, 0.5) is 16.2 Å². The Morgan fingerprint density at radius 3 is 2.26 bits per heavy atom. The number of carboxylic acid groups (broad SMARTS) is 1. The van der Waals surface area contributed by atoms with E-state index in [1.807, 2.05) is 55.5 Å². The van der Waals surface area contributed by atoms with E-state index in [-0.39, 0.29) is 29.9 Å². The van der Waals surface area contributed by atoms with Crippen molar-refractivity contribution >= 4 is 35.2 Å². The van der Waals surface area contributed by atoms with Crippen LogP contribution in [-0.2, 0) is 25.6 Å². The van der Waals surface area contributed by atoms with Crippen LogP contribution < -0.4 is 20.9 Å². The van der Waals surface area contributed by atoms with Gasteiger partial charge in [0.05, 0.1) is 19.1 Å². The van der Waals surface area contributed by atoms with E-state index in [1.165, 1.54) is 0 Å². The number of rotatable bonds is 9. The van der Waals surface area contributed by atoms with Crippen LogP contribution in [-0.4, -0.2) is 67.9 Å². The molecule has 39 heavy (non-hydrogen) atoms.